The molecule has 5 rings (SSSR count). The van der Waals surface area contributed by atoms with Crippen molar-refractivity contribution in [1.29, 1.82) is 0 Å². The first-order chi connectivity index (χ1) is 45.2. The van der Waals surface area contributed by atoms with E-state index in [1.165, 1.54) is 90.3 Å². The van der Waals surface area contributed by atoms with Gasteiger partial charge in [-0.1, -0.05) is 114 Å². The van der Waals surface area contributed by atoms with Crippen LogP contribution in [-0.2, 0) is 76.8 Å². The zero-order valence-electron chi connectivity index (χ0n) is 58.2. The van der Waals surface area contributed by atoms with Crippen LogP contribution in [0.3, 0.4) is 0 Å². The maximum atomic E-state index is 15.5. The minimum absolute atomic E-state index is 0.0511. The van der Waals surface area contributed by atoms with Crippen molar-refractivity contribution < 1.29 is 61.9 Å². The van der Waals surface area contributed by atoms with Crippen molar-refractivity contribution in [3.8, 4) is 0 Å². The first-order valence-electron chi connectivity index (χ1n) is 33.0. The summed E-state index contributed by atoms with van der Waals surface area (Å²) in [7, 11) is 9.63. The number of aryl methyl sites for hydroxylation is 1. The molecule has 0 spiro atoms. The third kappa shape index (κ3) is 22.3. The monoisotopic (exact) mass is 1350 g/mol. The molecule has 0 saturated carbocycles. The molecule has 0 bridgehead atoms. The molecule has 2 fully saturated rings. The van der Waals surface area contributed by atoms with Crippen molar-refractivity contribution in [2.24, 2.45) is 17.8 Å². The number of likely N-dealkylation sites (tertiary alicyclic amines) is 1. The van der Waals surface area contributed by atoms with E-state index < -0.39 is 157 Å². The van der Waals surface area contributed by atoms with Gasteiger partial charge in [-0.05, 0) is 104 Å². The average Bonchev–Trinajstić information content (AvgIpc) is 1.14. The highest BCUT2D eigenvalue weighted by molar-refractivity contribution is 6.30. The molecule has 9 atom stereocenters. The van der Waals surface area contributed by atoms with Crippen molar-refractivity contribution in [1.82, 2.24) is 60.5 Å². The van der Waals surface area contributed by atoms with Gasteiger partial charge in [-0.3, -0.25) is 57.5 Å². The second-order valence-corrected chi connectivity index (χ2v) is 27.0. The van der Waals surface area contributed by atoms with E-state index in [2.05, 4.69) is 21.3 Å². The van der Waals surface area contributed by atoms with Crippen LogP contribution in [0.1, 0.15) is 110 Å². The first-order valence-corrected chi connectivity index (χ1v) is 33.4. The second kappa shape index (κ2) is 36.6. The Bertz CT molecular complexity index is 3210. The van der Waals surface area contributed by atoms with E-state index in [0.717, 1.165) is 24.5 Å². The Morgan fingerprint density at radius 3 is 1.66 bits per heavy atom. The number of amides is 12. The molecule has 12 amide bonds. The van der Waals surface area contributed by atoms with E-state index in [-0.39, 0.29) is 50.4 Å². The summed E-state index contributed by atoms with van der Waals surface area (Å²) in [5, 5.41) is 11.6. The number of nitrogens with one attached hydrogen (secondary N) is 4. The number of carbonyl (C=O) groups is 12. The maximum Gasteiger partial charge on any atom is 0.246 e. The van der Waals surface area contributed by atoms with Gasteiger partial charge in [0.25, 0.3) is 0 Å². The van der Waals surface area contributed by atoms with Gasteiger partial charge in [0.2, 0.25) is 70.9 Å². The topological polar surface area (TPSA) is 279 Å². The zero-order valence-corrected chi connectivity index (χ0v) is 59.0. The van der Waals surface area contributed by atoms with Gasteiger partial charge in [-0.25, -0.2) is 4.39 Å². The van der Waals surface area contributed by atoms with Gasteiger partial charge >= 0.3 is 0 Å². The lowest BCUT2D eigenvalue weighted by Gasteiger charge is -2.37. The molecule has 2 saturated heterocycles. The largest absolute Gasteiger partial charge is 0.343 e. The van der Waals surface area contributed by atoms with Gasteiger partial charge in [-0.2, -0.15) is 0 Å². The molecular weight excluding hydrogens is 1260 g/mol. The van der Waals surface area contributed by atoms with Gasteiger partial charge < -0.3 is 60.5 Å². The lowest BCUT2D eigenvalue weighted by atomic mass is 9.97. The van der Waals surface area contributed by atoms with Crippen LogP contribution in [0.2, 0.25) is 5.02 Å². The fourth-order valence-electron chi connectivity index (χ4n) is 11.6. The number of hydrogen-bond acceptors (Lipinski definition) is 12. The predicted octanol–water partition coefficient (Wildman–Crippen LogP) is 3.70. The van der Waals surface area contributed by atoms with Crippen molar-refractivity contribution >= 4 is 82.5 Å². The van der Waals surface area contributed by atoms with E-state index in [0.29, 0.717) is 54.1 Å². The average molecular weight is 1360 g/mol. The molecule has 0 aliphatic carbocycles. The predicted molar refractivity (Wildman–Crippen MR) is 361 cm³/mol. The molecule has 526 valence electrons. The van der Waals surface area contributed by atoms with Crippen LogP contribution in [0, 0.1) is 23.6 Å². The maximum absolute atomic E-state index is 15.5. The van der Waals surface area contributed by atoms with Crippen LogP contribution < -0.4 is 21.3 Å². The van der Waals surface area contributed by atoms with E-state index in [1.54, 1.807) is 73.3 Å². The third-order valence-corrected chi connectivity index (χ3v) is 18.4. The molecule has 0 radical (unpaired) electrons. The van der Waals surface area contributed by atoms with Gasteiger partial charge in [-0.15, -0.1) is 0 Å². The third-order valence-electron chi connectivity index (χ3n) is 18.1. The molecular formula is C70H100ClFN12O12. The van der Waals surface area contributed by atoms with Gasteiger partial charge in [0.05, 0.1) is 26.1 Å². The highest BCUT2D eigenvalue weighted by atomic mass is 35.5. The molecule has 24 nitrogen and oxygen atoms in total. The van der Waals surface area contributed by atoms with E-state index >= 15 is 14.4 Å². The van der Waals surface area contributed by atoms with Crippen LogP contribution in [0.5, 0.6) is 0 Å². The lowest BCUT2D eigenvalue weighted by Crippen LogP contribution is -2.61. The van der Waals surface area contributed by atoms with E-state index in [4.69, 9.17) is 11.6 Å². The number of halogens is 2. The number of nitrogens with zero attached hydrogens (tertiary/aromatic N) is 8. The second-order valence-electron chi connectivity index (χ2n) is 26.6. The number of benzene rings is 3. The number of carbonyl (C=O) groups excluding carboxylic acids is 12. The summed E-state index contributed by atoms with van der Waals surface area (Å²) in [6.07, 6.45) is 1.20. The van der Waals surface area contributed by atoms with E-state index in [1.807, 2.05) is 27.7 Å². The minimum Gasteiger partial charge on any atom is -0.343 e. The minimum atomic E-state index is -1.47. The highest BCUT2D eigenvalue weighted by Crippen LogP contribution is 2.23. The van der Waals surface area contributed by atoms with Crippen molar-refractivity contribution in [3.05, 3.63) is 106 Å². The molecule has 4 N–H and O–H groups in total. The van der Waals surface area contributed by atoms with Gasteiger partial charge in [0.15, 0.2) is 0 Å². The van der Waals surface area contributed by atoms with E-state index in [9.17, 15) is 47.5 Å². The molecule has 96 heavy (non-hydrogen) atoms. The number of likely N-dealkylation sites (N-methyl/N-ethyl adjacent to an activating group) is 7. The SMILES string of the molecule is CC[C@H](C)[C@@H]1NC(=O)[C@H](C)N(C)C(=O)C[C@@H](C(=O)N2CCCC2)NC(=O)[C@H](CC(C)C)N(C)C(=O)[C@@H](Cc2ccccc2)N(C)C(=O)[C@H](CC(C)C)NC(=O)[C@H](CCc2ccc(F)cc2)NC(=O)CN(C)C(=O)[C@H](Cc2ccc(Cl)cc2)N(C)C(=O)CN(C)C(=O)CN(C)C1=O. The summed E-state index contributed by atoms with van der Waals surface area (Å²) in [6, 6.07) is 10.5. The molecule has 0 unspecified atom stereocenters. The highest BCUT2D eigenvalue weighted by Gasteiger charge is 2.42. The van der Waals surface area contributed by atoms with Crippen molar-refractivity contribution in [3.63, 3.8) is 0 Å². The molecule has 2 aliphatic heterocycles. The van der Waals surface area contributed by atoms with Crippen LogP contribution >= 0.6 is 11.6 Å². The number of rotatable bonds is 14. The van der Waals surface area contributed by atoms with Crippen LogP contribution in [0.4, 0.5) is 4.39 Å². The Morgan fingerprint density at radius 2 is 1.07 bits per heavy atom. The fraction of sp³-hybridized carbons (Fsp3) is 0.571. The summed E-state index contributed by atoms with van der Waals surface area (Å²) in [4.78, 5) is 185. The molecule has 3 aromatic carbocycles. The van der Waals surface area contributed by atoms with Crippen molar-refractivity contribution in [2.75, 3.05) is 82.1 Å². The number of hydrogen-bond donors (Lipinski definition) is 4. The summed E-state index contributed by atoms with van der Waals surface area (Å²) < 4.78 is 14.1. The molecule has 2 heterocycles. The smallest absolute Gasteiger partial charge is 0.246 e. The quantitative estimate of drug-likeness (QED) is 0.180. The van der Waals surface area contributed by atoms with Crippen LogP contribution in [0.25, 0.3) is 0 Å². The Morgan fingerprint density at radius 1 is 0.531 bits per heavy atom. The fourth-order valence-corrected chi connectivity index (χ4v) is 11.8. The molecule has 0 aromatic heterocycles. The van der Waals surface area contributed by atoms with Crippen LogP contribution in [0.15, 0.2) is 78.9 Å². The summed E-state index contributed by atoms with van der Waals surface area (Å²) in [6.45, 7) is 11.3. The Labute approximate surface area is 569 Å². The van der Waals surface area contributed by atoms with Crippen LogP contribution in [-0.4, -0.2) is 240 Å². The molecule has 2 aliphatic rings. The Kier molecular flexibility index (Phi) is 29.8. The van der Waals surface area contributed by atoms with Gasteiger partial charge in [0, 0.05) is 80.3 Å². The summed E-state index contributed by atoms with van der Waals surface area (Å²) in [5.41, 5.74) is 1.84. The molecule has 26 heteroatoms. The molecule has 3 aromatic rings. The first kappa shape index (κ1) is 78.2. The Balaban J connectivity index is 1.62. The summed E-state index contributed by atoms with van der Waals surface area (Å²) in [5.74, 6) is -9.91. The lowest BCUT2D eigenvalue weighted by molar-refractivity contribution is -0.150. The summed E-state index contributed by atoms with van der Waals surface area (Å²) >= 11 is 6.23. The standard InChI is InChI=1S/C70H100ClFN12O12/c1-15-45(6)62-70(96)79(10)41-60(87)77(8)42-61(88)81(12)56(38-49-23-28-50(71)29-24-49)68(94)78(9)40-58(85)73-52(32-27-47-25-30-51(72)31-26-47)64(90)74-53(35-43(2)3)66(92)83(14)57(37-48-21-17-16-18-22-48)69(95)82(13)55(36-44(4)5)65(91)75-54(67(93)84-33-19-20-34-84)39-59(86)80(11)46(7)63(89)76-62/h16-18,21-26,28-31,43-46,52-57,62H,15,19-20,27,32-42H2,1-14H3,(H,73,85)(H,74,90)(H,75,91)(H,76,89)/t45-,46-,52-,53-,54-,55-,56-,57+,62-/m0/s1. The van der Waals surface area contributed by atoms with Gasteiger partial charge in [0.1, 0.15) is 54.2 Å². The normalized spacial score (nSPS) is 23.8. The Hall–Kier alpha value is -8.48. The van der Waals surface area contributed by atoms with Crippen molar-refractivity contribution in [2.45, 2.75) is 161 Å². The zero-order chi connectivity index (χ0) is 71.4.